The minimum absolute atomic E-state index is 0.126. The van der Waals surface area contributed by atoms with E-state index in [1.807, 2.05) is 0 Å². The second-order valence-electron chi connectivity index (χ2n) is 3.39. The number of aryl methyl sites for hydroxylation is 1. The number of hydrogen-bond acceptors (Lipinski definition) is 3. The number of carbonyl (C=O) groups is 1. The van der Waals surface area contributed by atoms with Crippen LogP contribution in [0.2, 0.25) is 5.02 Å². The quantitative estimate of drug-likeness (QED) is 0.924. The molecule has 0 amide bonds. The zero-order valence-electron chi connectivity index (χ0n) is 8.69. The first-order chi connectivity index (χ1) is 7.99. The standard InChI is InChI=1S/C10H7BrClN3O2/c1-15-8(9(11)13-14-15)5-2-6(10(16)17)4-7(12)3-5/h2-4H,1H3,(H,16,17). The molecule has 0 spiro atoms. The molecule has 2 rings (SSSR count). The lowest BCUT2D eigenvalue weighted by molar-refractivity contribution is 0.0697. The Bertz CT molecular complexity index is 578. The van der Waals surface area contributed by atoms with E-state index in [-0.39, 0.29) is 5.56 Å². The first kappa shape index (κ1) is 12.1. The lowest BCUT2D eigenvalue weighted by Crippen LogP contribution is -1.99. The van der Waals surface area contributed by atoms with Crippen molar-refractivity contribution < 1.29 is 9.90 Å². The van der Waals surface area contributed by atoms with E-state index >= 15 is 0 Å². The summed E-state index contributed by atoms with van der Waals surface area (Å²) in [5, 5.41) is 17.0. The van der Waals surface area contributed by atoms with Crippen LogP contribution in [0.15, 0.2) is 22.8 Å². The minimum Gasteiger partial charge on any atom is -0.478 e. The number of hydrogen-bond donors (Lipinski definition) is 1. The summed E-state index contributed by atoms with van der Waals surface area (Å²) in [6.45, 7) is 0. The molecule has 0 aliphatic heterocycles. The predicted molar refractivity (Wildman–Crippen MR) is 66.1 cm³/mol. The summed E-state index contributed by atoms with van der Waals surface area (Å²) < 4.78 is 2.08. The zero-order chi connectivity index (χ0) is 12.6. The van der Waals surface area contributed by atoms with Gasteiger partial charge in [0.1, 0.15) is 5.69 Å². The molecule has 0 unspecified atom stereocenters. The molecule has 0 radical (unpaired) electrons. The van der Waals surface area contributed by atoms with Gasteiger partial charge in [-0.1, -0.05) is 16.8 Å². The molecule has 2 aromatic rings. The van der Waals surface area contributed by atoms with Gasteiger partial charge in [-0.2, -0.15) is 0 Å². The fourth-order valence-electron chi connectivity index (χ4n) is 1.49. The number of carboxylic acids is 1. The highest BCUT2D eigenvalue weighted by molar-refractivity contribution is 9.10. The number of benzene rings is 1. The Labute approximate surface area is 110 Å². The molecule has 7 heteroatoms. The van der Waals surface area contributed by atoms with Crippen LogP contribution in [0, 0.1) is 0 Å². The van der Waals surface area contributed by atoms with Crippen molar-refractivity contribution in [2.45, 2.75) is 0 Å². The molecule has 1 heterocycles. The van der Waals surface area contributed by atoms with Gasteiger partial charge in [-0.15, -0.1) is 5.10 Å². The van der Waals surface area contributed by atoms with Crippen molar-refractivity contribution in [3.05, 3.63) is 33.4 Å². The Kier molecular flexibility index (Phi) is 3.17. The van der Waals surface area contributed by atoms with Gasteiger partial charge >= 0.3 is 5.97 Å². The number of aromatic nitrogens is 3. The fraction of sp³-hybridized carbons (Fsp3) is 0.100. The van der Waals surface area contributed by atoms with Crippen molar-refractivity contribution in [1.29, 1.82) is 0 Å². The van der Waals surface area contributed by atoms with E-state index in [4.69, 9.17) is 16.7 Å². The predicted octanol–water partition coefficient (Wildman–Crippen LogP) is 2.60. The summed E-state index contributed by atoms with van der Waals surface area (Å²) in [7, 11) is 1.72. The van der Waals surface area contributed by atoms with Crippen LogP contribution in [-0.4, -0.2) is 26.1 Å². The SMILES string of the molecule is Cn1nnc(Br)c1-c1cc(Cl)cc(C(=O)O)c1. The fourth-order valence-corrected chi connectivity index (χ4v) is 2.28. The Hall–Kier alpha value is -1.40. The van der Waals surface area contributed by atoms with E-state index in [1.165, 1.54) is 12.1 Å². The molecule has 5 nitrogen and oxygen atoms in total. The average molecular weight is 317 g/mol. The Morgan fingerprint density at radius 2 is 2.18 bits per heavy atom. The minimum atomic E-state index is -1.03. The van der Waals surface area contributed by atoms with E-state index < -0.39 is 5.97 Å². The summed E-state index contributed by atoms with van der Waals surface area (Å²) in [4.78, 5) is 10.9. The van der Waals surface area contributed by atoms with Gasteiger partial charge in [0.2, 0.25) is 0 Å². The third-order valence-electron chi connectivity index (χ3n) is 2.20. The van der Waals surface area contributed by atoms with Crippen LogP contribution >= 0.6 is 27.5 Å². The first-order valence-electron chi connectivity index (χ1n) is 4.58. The molecule has 0 bridgehead atoms. The van der Waals surface area contributed by atoms with Gasteiger partial charge in [-0.05, 0) is 34.1 Å². The second-order valence-corrected chi connectivity index (χ2v) is 4.57. The van der Waals surface area contributed by atoms with Crippen LogP contribution in [0.5, 0.6) is 0 Å². The maximum Gasteiger partial charge on any atom is 0.335 e. The van der Waals surface area contributed by atoms with E-state index in [9.17, 15) is 4.79 Å². The molecule has 0 atom stereocenters. The lowest BCUT2D eigenvalue weighted by Gasteiger charge is -2.04. The maximum absolute atomic E-state index is 10.9. The molecule has 0 aliphatic carbocycles. The second kappa shape index (κ2) is 4.46. The van der Waals surface area contributed by atoms with Crippen LogP contribution in [0.25, 0.3) is 11.3 Å². The molecule has 1 aromatic carbocycles. The average Bonchev–Trinajstić information content (AvgIpc) is 2.57. The Morgan fingerprint density at radius 3 is 2.71 bits per heavy atom. The van der Waals surface area contributed by atoms with Gasteiger partial charge in [0, 0.05) is 17.6 Å². The third-order valence-corrected chi connectivity index (χ3v) is 2.96. The van der Waals surface area contributed by atoms with Crippen LogP contribution in [0.3, 0.4) is 0 Å². The molecular formula is C10H7BrClN3O2. The number of rotatable bonds is 2. The number of nitrogens with zero attached hydrogens (tertiary/aromatic N) is 3. The monoisotopic (exact) mass is 315 g/mol. The highest BCUT2D eigenvalue weighted by atomic mass is 79.9. The number of aromatic carboxylic acids is 1. The number of carboxylic acid groups (broad SMARTS) is 1. The lowest BCUT2D eigenvalue weighted by atomic mass is 10.1. The normalized spacial score (nSPS) is 10.5. The van der Waals surface area contributed by atoms with Crippen molar-refractivity contribution in [1.82, 2.24) is 15.0 Å². The molecule has 17 heavy (non-hydrogen) atoms. The van der Waals surface area contributed by atoms with E-state index in [2.05, 4.69) is 26.2 Å². The molecule has 1 aromatic heterocycles. The van der Waals surface area contributed by atoms with Gasteiger partial charge in [0.25, 0.3) is 0 Å². The molecule has 88 valence electrons. The summed E-state index contributed by atoms with van der Waals surface area (Å²) in [5.74, 6) is -1.03. The van der Waals surface area contributed by atoms with Gasteiger partial charge in [0.05, 0.1) is 5.56 Å². The smallest absolute Gasteiger partial charge is 0.335 e. The van der Waals surface area contributed by atoms with Crippen LogP contribution in [0.4, 0.5) is 0 Å². The molecule has 0 saturated heterocycles. The Morgan fingerprint density at radius 1 is 1.47 bits per heavy atom. The molecule has 1 N–H and O–H groups in total. The molecule has 0 fully saturated rings. The van der Waals surface area contributed by atoms with Crippen LogP contribution in [-0.2, 0) is 7.05 Å². The largest absolute Gasteiger partial charge is 0.478 e. The summed E-state index contributed by atoms with van der Waals surface area (Å²) in [5.41, 5.74) is 1.45. The topological polar surface area (TPSA) is 68.0 Å². The van der Waals surface area contributed by atoms with Crippen molar-refractivity contribution in [2.24, 2.45) is 7.05 Å². The molecule has 0 saturated carbocycles. The van der Waals surface area contributed by atoms with Gasteiger partial charge in [0.15, 0.2) is 4.60 Å². The summed E-state index contributed by atoms with van der Waals surface area (Å²) >= 11 is 9.14. The van der Waals surface area contributed by atoms with Crippen molar-refractivity contribution in [3.63, 3.8) is 0 Å². The van der Waals surface area contributed by atoms with Gasteiger partial charge in [-0.3, -0.25) is 0 Å². The van der Waals surface area contributed by atoms with Gasteiger partial charge in [-0.25, -0.2) is 9.48 Å². The van der Waals surface area contributed by atoms with E-state index in [0.29, 0.717) is 20.9 Å². The van der Waals surface area contributed by atoms with Crippen molar-refractivity contribution >= 4 is 33.5 Å². The van der Waals surface area contributed by atoms with Crippen molar-refractivity contribution in [3.8, 4) is 11.3 Å². The maximum atomic E-state index is 10.9. The highest BCUT2D eigenvalue weighted by Gasteiger charge is 2.14. The highest BCUT2D eigenvalue weighted by Crippen LogP contribution is 2.29. The molecular weight excluding hydrogens is 309 g/mol. The van der Waals surface area contributed by atoms with Crippen molar-refractivity contribution in [2.75, 3.05) is 0 Å². The zero-order valence-corrected chi connectivity index (χ0v) is 11.0. The summed E-state index contributed by atoms with van der Waals surface area (Å²) in [6.07, 6.45) is 0. The molecule has 0 aliphatic rings. The van der Waals surface area contributed by atoms with Crippen LogP contribution in [0.1, 0.15) is 10.4 Å². The Balaban J connectivity index is 2.64. The van der Waals surface area contributed by atoms with E-state index in [1.54, 1.807) is 17.8 Å². The van der Waals surface area contributed by atoms with Crippen LogP contribution < -0.4 is 0 Å². The third kappa shape index (κ3) is 2.32. The first-order valence-corrected chi connectivity index (χ1v) is 5.75. The van der Waals surface area contributed by atoms with Gasteiger partial charge < -0.3 is 5.11 Å². The number of halogens is 2. The van der Waals surface area contributed by atoms with E-state index in [0.717, 1.165) is 0 Å². The summed E-state index contributed by atoms with van der Waals surface area (Å²) in [6, 6.07) is 4.58.